The number of guanidine groups is 2. The minimum absolute atomic E-state index is 0. The second-order valence-electron chi connectivity index (χ2n) is 3.19. The van der Waals surface area contributed by atoms with Crippen molar-refractivity contribution < 1.29 is 0 Å². The fourth-order valence-electron chi connectivity index (χ4n) is 0.817. The van der Waals surface area contributed by atoms with E-state index in [9.17, 15) is 0 Å². The van der Waals surface area contributed by atoms with Gasteiger partial charge < -0.3 is 16.8 Å². The van der Waals surface area contributed by atoms with Crippen LogP contribution in [0.25, 0.3) is 0 Å². The molecule has 0 spiro atoms. The Hall–Kier alpha value is -2.16. The lowest BCUT2D eigenvalue weighted by atomic mass is 10.3. The maximum atomic E-state index is 7.15. The number of hydrogen-bond donors (Lipinski definition) is 6. The summed E-state index contributed by atoms with van der Waals surface area (Å²) in [5.41, 5.74) is 10.1. The van der Waals surface area contributed by atoms with Gasteiger partial charge in [-0.3, -0.25) is 16.1 Å². The normalized spacial score (nSPS) is 8.26. The summed E-state index contributed by atoms with van der Waals surface area (Å²) in [5, 5.41) is 19.0. The van der Waals surface area contributed by atoms with Crippen molar-refractivity contribution in [2.45, 2.75) is 19.8 Å². The van der Waals surface area contributed by atoms with E-state index in [1.807, 2.05) is 0 Å². The maximum absolute atomic E-state index is 7.15. The number of halogens is 1. The summed E-state index contributed by atoms with van der Waals surface area (Å²) in [6.07, 6.45) is 4.80. The molecule has 9 nitrogen and oxygen atoms in total. The molecule has 0 aliphatic heterocycles. The second kappa shape index (κ2) is 12.3. The van der Waals surface area contributed by atoms with Crippen molar-refractivity contribution in [3.8, 4) is 0 Å². The maximum Gasteiger partial charge on any atom is 0.222 e. The Balaban J connectivity index is 0. The minimum atomic E-state index is -0.209. The molecule has 108 valence electrons. The van der Waals surface area contributed by atoms with E-state index in [2.05, 4.69) is 32.5 Å². The first-order valence-corrected chi connectivity index (χ1v) is 5.37. The monoisotopic (exact) mass is 289 g/mol. The third-order valence-electron chi connectivity index (χ3n) is 1.61. The molecule has 0 amide bonds. The summed E-state index contributed by atoms with van der Waals surface area (Å²) in [6.45, 7) is 2.82. The van der Waals surface area contributed by atoms with Crippen LogP contribution in [-0.2, 0) is 0 Å². The van der Waals surface area contributed by atoms with Gasteiger partial charge in [0.1, 0.15) is 12.7 Å². The van der Waals surface area contributed by atoms with Gasteiger partial charge in [-0.05, 0) is 6.42 Å². The van der Waals surface area contributed by atoms with Gasteiger partial charge in [0, 0.05) is 6.54 Å². The quantitative estimate of drug-likeness (QED) is 0.252. The van der Waals surface area contributed by atoms with Crippen LogP contribution in [0.5, 0.6) is 0 Å². The van der Waals surface area contributed by atoms with Crippen LogP contribution in [-0.4, -0.2) is 33.4 Å². The van der Waals surface area contributed by atoms with E-state index in [0.717, 1.165) is 19.4 Å². The molecular formula is C9H20ClN9. The third-order valence-corrected chi connectivity index (χ3v) is 1.61. The lowest BCUT2D eigenvalue weighted by Gasteiger charge is -2.06. The molecule has 0 aliphatic carbocycles. The fourth-order valence-corrected chi connectivity index (χ4v) is 0.817. The molecule has 1 heterocycles. The van der Waals surface area contributed by atoms with Crippen LogP contribution in [0.1, 0.15) is 19.8 Å². The third kappa shape index (κ3) is 13.8. The molecule has 0 bridgehead atoms. The molecule has 10 heteroatoms. The number of nitrogens with two attached hydrogens (primary N) is 2. The summed E-state index contributed by atoms with van der Waals surface area (Å²) >= 11 is 0. The van der Waals surface area contributed by atoms with Crippen LogP contribution in [0.2, 0.25) is 0 Å². The smallest absolute Gasteiger partial charge is 0.222 e. The zero-order chi connectivity index (χ0) is 13.8. The molecule has 8 N–H and O–H groups in total. The van der Waals surface area contributed by atoms with Crippen LogP contribution >= 0.6 is 12.4 Å². The lowest BCUT2D eigenvalue weighted by Crippen LogP contribution is -2.43. The number of nitrogens with zero attached hydrogens (tertiary/aromatic N) is 3. The van der Waals surface area contributed by atoms with Crippen molar-refractivity contribution in [3.63, 3.8) is 0 Å². The van der Waals surface area contributed by atoms with E-state index in [0.29, 0.717) is 0 Å². The predicted octanol–water partition coefficient (Wildman–Crippen LogP) is -0.330. The molecule has 0 radical (unpaired) electrons. The van der Waals surface area contributed by atoms with Crippen molar-refractivity contribution in [3.05, 3.63) is 12.7 Å². The zero-order valence-corrected chi connectivity index (χ0v) is 11.5. The van der Waals surface area contributed by atoms with Crippen molar-refractivity contribution in [1.82, 2.24) is 25.6 Å². The van der Waals surface area contributed by atoms with Crippen LogP contribution in [0.15, 0.2) is 12.7 Å². The predicted molar refractivity (Wildman–Crippen MR) is 77.2 cm³/mol. The molecule has 0 fully saturated rings. The highest BCUT2D eigenvalue weighted by atomic mass is 35.5. The van der Waals surface area contributed by atoms with E-state index in [4.69, 9.17) is 22.3 Å². The van der Waals surface area contributed by atoms with Gasteiger partial charge >= 0.3 is 0 Å². The Labute approximate surface area is 118 Å². The van der Waals surface area contributed by atoms with Gasteiger partial charge in [-0.25, -0.2) is 15.0 Å². The van der Waals surface area contributed by atoms with Crippen LogP contribution < -0.4 is 22.1 Å². The average molecular weight is 290 g/mol. The highest BCUT2D eigenvalue weighted by Crippen LogP contribution is 1.81. The van der Waals surface area contributed by atoms with Gasteiger partial charge in [0.2, 0.25) is 5.95 Å². The number of nitrogen functional groups attached to an aromatic ring is 1. The van der Waals surface area contributed by atoms with Gasteiger partial charge in [-0.2, -0.15) is 0 Å². The average Bonchev–Trinajstić information content (AvgIpc) is 2.30. The number of unbranched alkanes of at least 4 members (excludes halogenated alkanes) is 1. The number of rotatable bonds is 3. The van der Waals surface area contributed by atoms with Gasteiger partial charge in [0.25, 0.3) is 0 Å². The van der Waals surface area contributed by atoms with E-state index in [1.54, 1.807) is 0 Å². The first-order chi connectivity index (χ1) is 8.56. The van der Waals surface area contributed by atoms with E-state index < -0.39 is 0 Å². The molecule has 1 rings (SSSR count). The minimum Gasteiger partial charge on any atom is -0.370 e. The number of hydrogen-bond acceptors (Lipinski definition) is 6. The van der Waals surface area contributed by atoms with E-state index in [-0.39, 0.29) is 30.3 Å². The Kier molecular flexibility index (Phi) is 12.4. The molecule has 0 saturated heterocycles. The van der Waals surface area contributed by atoms with Crippen LogP contribution in [0.4, 0.5) is 5.95 Å². The van der Waals surface area contributed by atoms with Gasteiger partial charge in [-0.15, -0.1) is 12.4 Å². The zero-order valence-electron chi connectivity index (χ0n) is 10.7. The van der Waals surface area contributed by atoms with Crippen molar-refractivity contribution in [2.75, 3.05) is 12.3 Å². The van der Waals surface area contributed by atoms with Crippen LogP contribution in [0.3, 0.4) is 0 Å². The molecule has 0 aliphatic rings. The van der Waals surface area contributed by atoms with Crippen LogP contribution in [0, 0.1) is 10.8 Å². The van der Waals surface area contributed by atoms with Crippen molar-refractivity contribution in [1.29, 1.82) is 10.8 Å². The van der Waals surface area contributed by atoms with E-state index >= 15 is 0 Å². The Bertz CT molecular complexity index is 356. The lowest BCUT2D eigenvalue weighted by molar-refractivity contribution is 0.744. The summed E-state index contributed by atoms with van der Waals surface area (Å²) in [5.74, 6) is 0.139. The molecule has 0 aromatic carbocycles. The Morgan fingerprint density at radius 2 is 1.89 bits per heavy atom. The molecule has 19 heavy (non-hydrogen) atoms. The Morgan fingerprint density at radius 3 is 2.26 bits per heavy atom. The molecule has 0 unspecified atom stereocenters. The Morgan fingerprint density at radius 1 is 1.32 bits per heavy atom. The summed E-state index contributed by atoms with van der Waals surface area (Å²) in [7, 11) is 0. The summed E-state index contributed by atoms with van der Waals surface area (Å²) in [4.78, 5) is 10.6. The first kappa shape index (κ1) is 19.2. The van der Waals surface area contributed by atoms with Gasteiger partial charge in [-0.1, -0.05) is 13.3 Å². The standard InChI is InChI=1S/C6H15N5.C3H4N4.ClH/c1-2-3-4-10-6(9)11-5(7)8;4-3-6-1-5-2-7-3;/h2-4H2,1H3,(H6,7,8,9,10,11);1-2H,(H2,4,5,6,7);1H. The molecule has 1 aromatic rings. The number of nitrogens with one attached hydrogen (secondary N) is 4. The van der Waals surface area contributed by atoms with Gasteiger partial charge in [0.15, 0.2) is 11.9 Å². The van der Waals surface area contributed by atoms with Crippen molar-refractivity contribution in [2.24, 2.45) is 5.73 Å². The largest absolute Gasteiger partial charge is 0.370 e. The van der Waals surface area contributed by atoms with Gasteiger partial charge in [0.05, 0.1) is 0 Å². The molecular weight excluding hydrogens is 270 g/mol. The summed E-state index contributed by atoms with van der Waals surface area (Å²) in [6, 6.07) is 0. The first-order valence-electron chi connectivity index (χ1n) is 5.37. The topological polar surface area (TPSA) is 162 Å². The molecule has 1 aromatic heterocycles. The highest BCUT2D eigenvalue weighted by molar-refractivity contribution is 5.94. The fraction of sp³-hybridized carbons (Fsp3) is 0.444. The molecule has 0 atom stereocenters. The summed E-state index contributed by atoms with van der Waals surface area (Å²) < 4.78 is 0. The molecule has 0 saturated carbocycles. The number of anilines is 1. The number of aromatic nitrogens is 3. The SMILES string of the molecule is CCCCNC(=N)NC(=N)N.Cl.Nc1ncncn1. The van der Waals surface area contributed by atoms with Crippen molar-refractivity contribution >= 4 is 30.3 Å². The second-order valence-corrected chi connectivity index (χ2v) is 3.19. The highest BCUT2D eigenvalue weighted by Gasteiger charge is 1.93. The van der Waals surface area contributed by atoms with E-state index in [1.165, 1.54) is 12.7 Å².